The molecular formula is C18H14Cl3FN2O2S. The molecule has 0 spiro atoms. The van der Waals surface area contributed by atoms with Crippen molar-refractivity contribution in [3.8, 4) is 0 Å². The molecule has 4 nitrogen and oxygen atoms in total. The smallest absolute Gasteiger partial charge is 0.207 e. The zero-order chi connectivity index (χ0) is 19.9. The number of nitrogens with zero attached hydrogens (tertiary/aromatic N) is 2. The van der Waals surface area contributed by atoms with Crippen LogP contribution >= 0.6 is 34.8 Å². The average Bonchev–Trinajstić information content (AvgIpc) is 2.89. The van der Waals surface area contributed by atoms with Gasteiger partial charge in [0.1, 0.15) is 5.82 Å². The SMILES string of the molecule is Cc1nn(S(=O)(=O)c2ccc(Cl)c(Cl)c2)c(C)c1Cc1c(F)cccc1Cl. The molecule has 0 unspecified atom stereocenters. The first-order valence-corrected chi connectivity index (χ1v) is 10.4. The van der Waals surface area contributed by atoms with Crippen molar-refractivity contribution >= 4 is 44.8 Å². The summed E-state index contributed by atoms with van der Waals surface area (Å²) < 4.78 is 41.0. The Balaban J connectivity index is 2.09. The van der Waals surface area contributed by atoms with Crippen molar-refractivity contribution < 1.29 is 12.8 Å². The average molecular weight is 448 g/mol. The minimum atomic E-state index is -3.99. The van der Waals surface area contributed by atoms with E-state index in [4.69, 9.17) is 34.8 Å². The molecule has 142 valence electrons. The molecule has 3 aromatic rings. The number of hydrogen-bond donors (Lipinski definition) is 0. The molecule has 0 saturated carbocycles. The third-order valence-electron chi connectivity index (χ3n) is 4.23. The van der Waals surface area contributed by atoms with Gasteiger partial charge in [-0.1, -0.05) is 40.9 Å². The maximum absolute atomic E-state index is 14.1. The summed E-state index contributed by atoms with van der Waals surface area (Å²) >= 11 is 17.9. The van der Waals surface area contributed by atoms with Crippen LogP contribution in [0, 0.1) is 19.7 Å². The second-order valence-electron chi connectivity index (χ2n) is 5.95. The molecule has 1 heterocycles. The van der Waals surface area contributed by atoms with E-state index in [1.165, 1.54) is 30.3 Å². The molecule has 2 aromatic carbocycles. The Bertz CT molecular complexity index is 1120. The van der Waals surface area contributed by atoms with E-state index in [0.717, 1.165) is 4.09 Å². The van der Waals surface area contributed by atoms with Gasteiger partial charge in [0.05, 0.1) is 26.3 Å². The van der Waals surface area contributed by atoms with E-state index in [1.807, 2.05) is 0 Å². The van der Waals surface area contributed by atoms with Gasteiger partial charge in [0.25, 0.3) is 10.0 Å². The summed E-state index contributed by atoms with van der Waals surface area (Å²) in [6, 6.07) is 8.43. The standard InChI is InChI=1S/C18H14Cl3FN2O2S/c1-10-13(9-14-15(19)4-3-5-18(14)22)11(2)24(23-10)27(25,26)12-6-7-16(20)17(21)8-12/h3-8H,9H2,1-2H3. The zero-order valence-electron chi connectivity index (χ0n) is 14.3. The van der Waals surface area contributed by atoms with E-state index in [2.05, 4.69) is 5.10 Å². The molecule has 0 N–H and O–H groups in total. The van der Waals surface area contributed by atoms with Gasteiger partial charge in [0, 0.05) is 22.6 Å². The van der Waals surface area contributed by atoms with Crippen LogP contribution < -0.4 is 0 Å². The van der Waals surface area contributed by atoms with E-state index in [1.54, 1.807) is 19.9 Å². The van der Waals surface area contributed by atoms with Gasteiger partial charge in [0.2, 0.25) is 0 Å². The third-order valence-corrected chi connectivity index (χ3v) is 6.99. The van der Waals surface area contributed by atoms with Crippen LogP contribution in [-0.2, 0) is 16.4 Å². The van der Waals surface area contributed by atoms with Gasteiger partial charge < -0.3 is 0 Å². The van der Waals surface area contributed by atoms with Crippen molar-refractivity contribution in [2.24, 2.45) is 0 Å². The van der Waals surface area contributed by atoms with E-state index < -0.39 is 15.8 Å². The molecule has 0 bridgehead atoms. The van der Waals surface area contributed by atoms with E-state index >= 15 is 0 Å². The Morgan fingerprint density at radius 3 is 2.33 bits per heavy atom. The Kier molecular flexibility index (Phi) is 5.54. The van der Waals surface area contributed by atoms with Gasteiger partial charge >= 0.3 is 0 Å². The van der Waals surface area contributed by atoms with Crippen molar-refractivity contribution in [3.63, 3.8) is 0 Å². The molecule has 0 amide bonds. The Morgan fingerprint density at radius 2 is 1.70 bits per heavy atom. The van der Waals surface area contributed by atoms with Crippen molar-refractivity contribution in [3.05, 3.63) is 79.8 Å². The summed E-state index contributed by atoms with van der Waals surface area (Å²) in [4.78, 5) is -0.0435. The summed E-state index contributed by atoms with van der Waals surface area (Å²) in [5.74, 6) is -0.457. The highest BCUT2D eigenvalue weighted by atomic mass is 35.5. The highest BCUT2D eigenvalue weighted by Gasteiger charge is 2.25. The van der Waals surface area contributed by atoms with Crippen molar-refractivity contribution in [2.75, 3.05) is 0 Å². The highest BCUT2D eigenvalue weighted by Crippen LogP contribution is 2.29. The van der Waals surface area contributed by atoms with Gasteiger partial charge in [0.15, 0.2) is 0 Å². The number of rotatable bonds is 4. The van der Waals surface area contributed by atoms with Crippen LogP contribution in [0.5, 0.6) is 0 Å². The lowest BCUT2D eigenvalue weighted by Crippen LogP contribution is -2.16. The minimum Gasteiger partial charge on any atom is -0.207 e. The number of benzene rings is 2. The first-order valence-electron chi connectivity index (χ1n) is 7.81. The fraction of sp³-hybridized carbons (Fsp3) is 0.167. The second-order valence-corrected chi connectivity index (χ2v) is 8.94. The van der Waals surface area contributed by atoms with E-state index in [-0.39, 0.29) is 31.9 Å². The van der Waals surface area contributed by atoms with Crippen LogP contribution in [-0.4, -0.2) is 17.6 Å². The van der Waals surface area contributed by atoms with Gasteiger partial charge in [-0.3, -0.25) is 0 Å². The fourth-order valence-corrected chi connectivity index (χ4v) is 4.75. The van der Waals surface area contributed by atoms with Gasteiger partial charge in [-0.15, -0.1) is 0 Å². The Hall–Kier alpha value is -1.60. The molecular weight excluding hydrogens is 434 g/mol. The number of aromatic nitrogens is 2. The third kappa shape index (κ3) is 3.72. The largest absolute Gasteiger partial charge is 0.283 e. The molecule has 0 atom stereocenters. The van der Waals surface area contributed by atoms with Gasteiger partial charge in [-0.25, -0.2) is 4.39 Å². The summed E-state index contributed by atoms with van der Waals surface area (Å²) in [6.45, 7) is 3.27. The molecule has 9 heteroatoms. The number of hydrogen-bond acceptors (Lipinski definition) is 3. The predicted molar refractivity (Wildman–Crippen MR) is 105 cm³/mol. The molecule has 0 aliphatic heterocycles. The lowest BCUT2D eigenvalue weighted by Gasteiger charge is -2.09. The summed E-state index contributed by atoms with van der Waals surface area (Å²) in [6.07, 6.45) is 0.125. The van der Waals surface area contributed by atoms with Crippen molar-refractivity contribution in [1.29, 1.82) is 0 Å². The van der Waals surface area contributed by atoms with Crippen LogP contribution in [0.1, 0.15) is 22.5 Å². The van der Waals surface area contributed by atoms with Gasteiger partial charge in [-0.2, -0.15) is 17.6 Å². The van der Waals surface area contributed by atoms with Crippen molar-refractivity contribution in [1.82, 2.24) is 9.19 Å². The van der Waals surface area contributed by atoms with Crippen LogP contribution in [0.25, 0.3) is 0 Å². The maximum Gasteiger partial charge on any atom is 0.283 e. The van der Waals surface area contributed by atoms with Crippen molar-refractivity contribution in [2.45, 2.75) is 25.2 Å². The molecule has 0 aliphatic carbocycles. The summed E-state index contributed by atoms with van der Waals surface area (Å²) in [5, 5.41) is 4.80. The molecule has 27 heavy (non-hydrogen) atoms. The first kappa shape index (κ1) is 20.1. The molecule has 0 saturated heterocycles. The molecule has 0 aliphatic rings. The van der Waals surface area contributed by atoms with Gasteiger partial charge in [-0.05, 0) is 44.2 Å². The van der Waals surface area contributed by atoms with Crippen LogP contribution in [0.2, 0.25) is 15.1 Å². The normalized spacial score (nSPS) is 11.8. The Morgan fingerprint density at radius 1 is 1.00 bits per heavy atom. The fourth-order valence-electron chi connectivity index (χ4n) is 2.75. The summed E-state index contributed by atoms with van der Waals surface area (Å²) in [5.41, 5.74) is 1.72. The molecule has 0 radical (unpaired) electrons. The first-order chi connectivity index (χ1) is 12.6. The van der Waals surface area contributed by atoms with Crippen LogP contribution in [0.15, 0.2) is 41.3 Å². The van der Waals surface area contributed by atoms with Crippen LogP contribution in [0.3, 0.4) is 0 Å². The minimum absolute atomic E-state index is 0.0435. The molecule has 0 fully saturated rings. The summed E-state index contributed by atoms with van der Waals surface area (Å²) in [7, 11) is -3.99. The predicted octanol–water partition coefficient (Wildman–Crippen LogP) is 5.43. The number of halogens is 4. The Labute approximate surface area is 171 Å². The molecule has 1 aromatic heterocycles. The van der Waals surface area contributed by atoms with Crippen LogP contribution in [0.4, 0.5) is 4.39 Å². The monoisotopic (exact) mass is 446 g/mol. The second kappa shape index (κ2) is 7.43. The zero-order valence-corrected chi connectivity index (χ0v) is 17.4. The number of aryl methyl sites for hydroxylation is 1. The maximum atomic E-state index is 14.1. The molecule has 3 rings (SSSR count). The topological polar surface area (TPSA) is 52.0 Å². The lowest BCUT2D eigenvalue weighted by molar-refractivity contribution is 0.577. The lowest BCUT2D eigenvalue weighted by atomic mass is 10.0. The highest BCUT2D eigenvalue weighted by molar-refractivity contribution is 7.89. The quantitative estimate of drug-likeness (QED) is 0.536. The van der Waals surface area contributed by atoms with E-state index in [0.29, 0.717) is 17.0 Å². The van der Waals surface area contributed by atoms with E-state index in [9.17, 15) is 12.8 Å².